The van der Waals surface area contributed by atoms with Gasteiger partial charge >= 0.3 is 0 Å². The number of aryl methyl sites for hydroxylation is 1. The van der Waals surface area contributed by atoms with Crippen LogP contribution in [0.1, 0.15) is 30.8 Å². The van der Waals surface area contributed by atoms with Crippen LogP contribution in [0, 0.1) is 0 Å². The van der Waals surface area contributed by atoms with Crippen LogP contribution in [0.4, 0.5) is 0 Å². The van der Waals surface area contributed by atoms with E-state index in [0.29, 0.717) is 25.5 Å². The van der Waals surface area contributed by atoms with E-state index in [0.717, 1.165) is 17.9 Å². The van der Waals surface area contributed by atoms with E-state index in [1.165, 1.54) is 6.33 Å². The fraction of sp³-hybridized carbons (Fsp3) is 0.438. The zero-order valence-corrected chi connectivity index (χ0v) is 13.6. The highest BCUT2D eigenvalue weighted by Gasteiger charge is 2.07. The Kier molecular flexibility index (Phi) is 6.56. The molecule has 0 aliphatic rings. The summed E-state index contributed by atoms with van der Waals surface area (Å²) in [6, 6.07) is 9.66. The summed E-state index contributed by atoms with van der Waals surface area (Å²) in [5, 5.41) is 20.6. The van der Waals surface area contributed by atoms with Crippen LogP contribution in [0.2, 0.25) is 0 Å². The third-order valence-electron chi connectivity index (χ3n) is 3.42. The number of benzene rings is 1. The molecule has 0 aliphatic heterocycles. The van der Waals surface area contributed by atoms with Gasteiger partial charge in [-0.2, -0.15) is 5.10 Å². The van der Waals surface area contributed by atoms with Crippen molar-refractivity contribution in [3.63, 3.8) is 0 Å². The van der Waals surface area contributed by atoms with E-state index in [1.54, 1.807) is 4.68 Å². The molecule has 0 fully saturated rings. The van der Waals surface area contributed by atoms with Crippen molar-refractivity contribution < 1.29 is 5.11 Å². The first-order chi connectivity index (χ1) is 11.2. The van der Waals surface area contributed by atoms with Crippen molar-refractivity contribution >= 4 is 5.96 Å². The lowest BCUT2D eigenvalue weighted by molar-refractivity contribution is 0.168. The number of nitrogens with zero attached hydrogens (tertiary/aromatic N) is 4. The quantitative estimate of drug-likeness (QED) is 0.524. The fourth-order valence-corrected chi connectivity index (χ4v) is 2.12. The van der Waals surface area contributed by atoms with E-state index in [2.05, 4.69) is 25.7 Å². The van der Waals surface area contributed by atoms with Gasteiger partial charge in [0.15, 0.2) is 5.96 Å². The molecule has 7 nitrogen and oxygen atoms in total. The Balaban J connectivity index is 1.83. The van der Waals surface area contributed by atoms with Crippen molar-refractivity contribution in [3.05, 3.63) is 48.0 Å². The molecule has 1 unspecified atom stereocenters. The SMILES string of the molecule is CCNC(=NCc1ncnn1C)NCCC(O)c1ccccc1. The van der Waals surface area contributed by atoms with E-state index in [-0.39, 0.29) is 0 Å². The Labute approximate surface area is 136 Å². The molecule has 124 valence electrons. The predicted molar refractivity (Wildman–Crippen MR) is 89.8 cm³/mol. The maximum Gasteiger partial charge on any atom is 0.191 e. The van der Waals surface area contributed by atoms with Gasteiger partial charge in [0.25, 0.3) is 0 Å². The van der Waals surface area contributed by atoms with Gasteiger partial charge in [0, 0.05) is 20.1 Å². The minimum atomic E-state index is -0.481. The highest BCUT2D eigenvalue weighted by molar-refractivity contribution is 5.79. The first kappa shape index (κ1) is 17.0. The summed E-state index contributed by atoms with van der Waals surface area (Å²) in [4.78, 5) is 8.62. The first-order valence-electron chi connectivity index (χ1n) is 7.78. The molecule has 0 amide bonds. The number of aliphatic imine (C=N–C) groups is 1. The first-order valence-corrected chi connectivity index (χ1v) is 7.78. The van der Waals surface area contributed by atoms with E-state index in [1.807, 2.05) is 44.3 Å². The smallest absolute Gasteiger partial charge is 0.191 e. The average Bonchev–Trinajstić information content (AvgIpc) is 2.98. The van der Waals surface area contributed by atoms with Crippen LogP contribution in [0.15, 0.2) is 41.7 Å². The maximum atomic E-state index is 10.2. The minimum Gasteiger partial charge on any atom is -0.388 e. The van der Waals surface area contributed by atoms with Crippen molar-refractivity contribution in [2.75, 3.05) is 13.1 Å². The van der Waals surface area contributed by atoms with Gasteiger partial charge in [0.2, 0.25) is 0 Å². The summed E-state index contributed by atoms with van der Waals surface area (Å²) in [6.07, 6.45) is 1.64. The number of rotatable bonds is 7. The zero-order valence-electron chi connectivity index (χ0n) is 13.6. The lowest BCUT2D eigenvalue weighted by atomic mass is 10.1. The molecule has 0 radical (unpaired) electrons. The second kappa shape index (κ2) is 8.89. The average molecular weight is 316 g/mol. The number of aromatic nitrogens is 3. The highest BCUT2D eigenvalue weighted by Crippen LogP contribution is 2.14. The van der Waals surface area contributed by atoms with Crippen LogP contribution in [0.3, 0.4) is 0 Å². The number of hydrogen-bond acceptors (Lipinski definition) is 4. The summed E-state index contributed by atoms with van der Waals surface area (Å²) < 4.78 is 1.70. The number of aliphatic hydroxyl groups is 1. The molecule has 0 spiro atoms. The molecule has 23 heavy (non-hydrogen) atoms. The largest absolute Gasteiger partial charge is 0.388 e. The summed E-state index contributed by atoms with van der Waals surface area (Å²) in [7, 11) is 1.84. The van der Waals surface area contributed by atoms with Gasteiger partial charge in [-0.1, -0.05) is 30.3 Å². The van der Waals surface area contributed by atoms with Crippen molar-refractivity contribution in [2.45, 2.75) is 26.0 Å². The Bertz CT molecular complexity index is 610. The molecular formula is C16H24N6O. The standard InChI is InChI=1S/C16H24N6O/c1-3-17-16(19-11-15-20-12-21-22(15)2)18-10-9-14(23)13-7-5-4-6-8-13/h4-8,12,14,23H,3,9-11H2,1-2H3,(H2,17,18,19). The Morgan fingerprint density at radius 2 is 2.09 bits per heavy atom. The van der Waals surface area contributed by atoms with E-state index >= 15 is 0 Å². The molecule has 1 aromatic carbocycles. The summed E-state index contributed by atoms with van der Waals surface area (Å²) in [6.45, 7) is 3.86. The monoisotopic (exact) mass is 316 g/mol. The molecule has 1 atom stereocenters. The lowest BCUT2D eigenvalue weighted by Crippen LogP contribution is -2.38. The molecule has 0 saturated heterocycles. The molecule has 1 aromatic heterocycles. The third-order valence-corrected chi connectivity index (χ3v) is 3.42. The molecule has 7 heteroatoms. The minimum absolute atomic E-state index is 0.451. The van der Waals surface area contributed by atoms with Gasteiger partial charge in [-0.05, 0) is 18.9 Å². The second-order valence-corrected chi connectivity index (χ2v) is 5.14. The number of nitrogens with one attached hydrogen (secondary N) is 2. The predicted octanol–water partition coefficient (Wildman–Crippen LogP) is 0.994. The molecular weight excluding hydrogens is 292 g/mol. The summed E-state index contributed by atoms with van der Waals surface area (Å²) in [5.41, 5.74) is 0.926. The van der Waals surface area contributed by atoms with Crippen molar-refractivity contribution in [1.29, 1.82) is 0 Å². The number of hydrogen-bond donors (Lipinski definition) is 3. The van der Waals surface area contributed by atoms with E-state index in [9.17, 15) is 5.11 Å². The Hall–Kier alpha value is -2.41. The molecule has 2 aromatic rings. The molecule has 0 bridgehead atoms. The van der Waals surface area contributed by atoms with Crippen LogP contribution in [-0.2, 0) is 13.6 Å². The molecule has 0 saturated carbocycles. The van der Waals surface area contributed by atoms with Gasteiger partial charge in [0.1, 0.15) is 18.7 Å². The van der Waals surface area contributed by atoms with Crippen molar-refractivity contribution in [2.24, 2.45) is 12.0 Å². The van der Waals surface area contributed by atoms with Gasteiger partial charge in [-0.15, -0.1) is 0 Å². The second-order valence-electron chi connectivity index (χ2n) is 5.14. The van der Waals surface area contributed by atoms with Crippen molar-refractivity contribution in [1.82, 2.24) is 25.4 Å². The molecule has 2 rings (SSSR count). The zero-order chi connectivity index (χ0) is 16.5. The number of aliphatic hydroxyl groups excluding tert-OH is 1. The lowest BCUT2D eigenvalue weighted by Gasteiger charge is -2.14. The van der Waals surface area contributed by atoms with Gasteiger partial charge < -0.3 is 15.7 Å². The Morgan fingerprint density at radius 1 is 1.30 bits per heavy atom. The van der Waals surface area contributed by atoms with Crippen LogP contribution in [0.5, 0.6) is 0 Å². The highest BCUT2D eigenvalue weighted by atomic mass is 16.3. The van der Waals surface area contributed by atoms with Crippen LogP contribution < -0.4 is 10.6 Å². The van der Waals surface area contributed by atoms with E-state index < -0.39 is 6.10 Å². The van der Waals surface area contributed by atoms with Gasteiger partial charge in [0.05, 0.1) is 6.10 Å². The van der Waals surface area contributed by atoms with Gasteiger partial charge in [-0.25, -0.2) is 9.98 Å². The normalized spacial score (nSPS) is 12.9. The summed E-state index contributed by atoms with van der Waals surface area (Å²) in [5.74, 6) is 1.50. The van der Waals surface area contributed by atoms with Crippen LogP contribution in [0.25, 0.3) is 0 Å². The van der Waals surface area contributed by atoms with Crippen molar-refractivity contribution in [3.8, 4) is 0 Å². The third kappa shape index (κ3) is 5.37. The molecule has 1 heterocycles. The molecule has 3 N–H and O–H groups in total. The van der Waals surface area contributed by atoms with Crippen LogP contribution in [-0.4, -0.2) is 38.9 Å². The molecule has 0 aliphatic carbocycles. The van der Waals surface area contributed by atoms with Gasteiger partial charge in [-0.3, -0.25) is 4.68 Å². The Morgan fingerprint density at radius 3 is 2.74 bits per heavy atom. The number of guanidine groups is 1. The van der Waals surface area contributed by atoms with E-state index in [4.69, 9.17) is 0 Å². The van der Waals surface area contributed by atoms with Crippen LogP contribution >= 0.6 is 0 Å². The summed E-state index contributed by atoms with van der Waals surface area (Å²) >= 11 is 0. The topological polar surface area (TPSA) is 87.4 Å². The fourth-order valence-electron chi connectivity index (χ4n) is 2.12. The maximum absolute atomic E-state index is 10.2.